The van der Waals surface area contributed by atoms with Gasteiger partial charge in [0, 0.05) is 18.4 Å². The average Bonchev–Trinajstić information content (AvgIpc) is 2.44. The Labute approximate surface area is 117 Å². The monoisotopic (exact) mass is 283 g/mol. The second-order valence-electron chi connectivity index (χ2n) is 4.99. The molecule has 20 heavy (non-hydrogen) atoms. The standard InChI is InChI=1S/C15H19F2NO2/c16-14-2-1-3-15(17)13(14)10-11(19)6-9-20-12-4-7-18-8-5-12/h1-3,12,18H,4-10H2. The number of ketones is 1. The van der Waals surface area contributed by atoms with E-state index in [2.05, 4.69) is 5.32 Å². The highest BCUT2D eigenvalue weighted by Crippen LogP contribution is 2.14. The maximum Gasteiger partial charge on any atom is 0.139 e. The molecule has 0 radical (unpaired) electrons. The molecule has 1 heterocycles. The van der Waals surface area contributed by atoms with E-state index in [9.17, 15) is 13.6 Å². The van der Waals surface area contributed by atoms with Gasteiger partial charge in [0.2, 0.25) is 0 Å². The molecule has 1 aliphatic heterocycles. The van der Waals surface area contributed by atoms with E-state index in [1.165, 1.54) is 6.07 Å². The summed E-state index contributed by atoms with van der Waals surface area (Å²) in [5.41, 5.74) is -0.153. The molecule has 2 rings (SSSR count). The molecule has 0 bridgehead atoms. The number of halogens is 2. The molecule has 1 saturated heterocycles. The van der Waals surface area contributed by atoms with E-state index >= 15 is 0 Å². The quantitative estimate of drug-likeness (QED) is 0.870. The summed E-state index contributed by atoms with van der Waals surface area (Å²) in [6, 6.07) is 3.62. The summed E-state index contributed by atoms with van der Waals surface area (Å²) in [5.74, 6) is -1.54. The van der Waals surface area contributed by atoms with Crippen molar-refractivity contribution in [2.45, 2.75) is 31.8 Å². The van der Waals surface area contributed by atoms with E-state index in [-0.39, 0.29) is 30.3 Å². The van der Waals surface area contributed by atoms with Crippen molar-refractivity contribution in [3.05, 3.63) is 35.4 Å². The number of carbonyl (C=O) groups excluding carboxylic acids is 1. The number of hydrogen-bond acceptors (Lipinski definition) is 3. The summed E-state index contributed by atoms with van der Waals surface area (Å²) in [6.45, 7) is 2.18. The van der Waals surface area contributed by atoms with Crippen molar-refractivity contribution in [3.63, 3.8) is 0 Å². The van der Waals surface area contributed by atoms with Crippen molar-refractivity contribution in [1.82, 2.24) is 5.32 Å². The van der Waals surface area contributed by atoms with E-state index < -0.39 is 11.6 Å². The SMILES string of the molecule is O=C(CCOC1CCNCC1)Cc1c(F)cccc1F. The molecule has 0 aliphatic carbocycles. The van der Waals surface area contributed by atoms with Crippen LogP contribution in [-0.2, 0) is 16.0 Å². The zero-order valence-corrected chi connectivity index (χ0v) is 11.3. The summed E-state index contributed by atoms with van der Waals surface area (Å²) in [6.07, 6.45) is 2.05. The molecule has 0 atom stereocenters. The van der Waals surface area contributed by atoms with Gasteiger partial charge >= 0.3 is 0 Å². The van der Waals surface area contributed by atoms with Crippen molar-refractivity contribution in [2.24, 2.45) is 0 Å². The lowest BCUT2D eigenvalue weighted by Gasteiger charge is -2.22. The van der Waals surface area contributed by atoms with Crippen LogP contribution in [0.1, 0.15) is 24.8 Å². The predicted octanol–water partition coefficient (Wildman–Crippen LogP) is 2.24. The van der Waals surface area contributed by atoms with Crippen molar-refractivity contribution >= 4 is 5.78 Å². The van der Waals surface area contributed by atoms with Crippen molar-refractivity contribution in [1.29, 1.82) is 0 Å². The number of nitrogens with one attached hydrogen (secondary N) is 1. The molecule has 1 aromatic rings. The third-order valence-electron chi connectivity index (χ3n) is 3.46. The molecule has 3 nitrogen and oxygen atoms in total. The van der Waals surface area contributed by atoms with Gasteiger partial charge in [0.25, 0.3) is 0 Å². The van der Waals surface area contributed by atoms with Crippen molar-refractivity contribution in [2.75, 3.05) is 19.7 Å². The fourth-order valence-corrected chi connectivity index (χ4v) is 2.29. The highest BCUT2D eigenvalue weighted by atomic mass is 19.1. The van der Waals surface area contributed by atoms with E-state index in [4.69, 9.17) is 4.74 Å². The first-order valence-electron chi connectivity index (χ1n) is 6.93. The number of ether oxygens (including phenoxy) is 1. The van der Waals surface area contributed by atoms with Crippen LogP contribution < -0.4 is 5.32 Å². The number of carbonyl (C=O) groups is 1. The van der Waals surface area contributed by atoms with Crippen molar-refractivity contribution in [3.8, 4) is 0 Å². The van der Waals surface area contributed by atoms with Gasteiger partial charge in [0.05, 0.1) is 12.7 Å². The van der Waals surface area contributed by atoms with Crippen LogP contribution in [0.25, 0.3) is 0 Å². The topological polar surface area (TPSA) is 38.3 Å². The summed E-state index contributed by atoms with van der Waals surface area (Å²) >= 11 is 0. The van der Waals surface area contributed by atoms with Gasteiger partial charge in [-0.3, -0.25) is 4.79 Å². The maximum atomic E-state index is 13.4. The van der Waals surface area contributed by atoms with Gasteiger partial charge in [-0.25, -0.2) is 8.78 Å². The van der Waals surface area contributed by atoms with Crippen LogP contribution in [0.3, 0.4) is 0 Å². The molecule has 1 aromatic carbocycles. The number of piperidine rings is 1. The molecule has 5 heteroatoms. The average molecular weight is 283 g/mol. The number of hydrogen-bond donors (Lipinski definition) is 1. The van der Waals surface area contributed by atoms with E-state index in [0.717, 1.165) is 38.1 Å². The zero-order valence-electron chi connectivity index (χ0n) is 11.3. The van der Waals surface area contributed by atoms with Crippen LogP contribution in [0.4, 0.5) is 8.78 Å². The summed E-state index contributed by atoms with van der Waals surface area (Å²) < 4.78 is 32.4. The van der Waals surface area contributed by atoms with Gasteiger partial charge in [-0.05, 0) is 38.1 Å². The summed E-state index contributed by atoms with van der Waals surface area (Å²) in [4.78, 5) is 11.7. The van der Waals surface area contributed by atoms with Crippen LogP contribution in [0.5, 0.6) is 0 Å². The predicted molar refractivity (Wildman–Crippen MR) is 71.5 cm³/mol. The van der Waals surface area contributed by atoms with Gasteiger partial charge in [0.15, 0.2) is 0 Å². The Morgan fingerprint density at radius 1 is 1.25 bits per heavy atom. The Morgan fingerprint density at radius 3 is 2.55 bits per heavy atom. The van der Waals surface area contributed by atoms with Crippen LogP contribution in [0.2, 0.25) is 0 Å². The van der Waals surface area contributed by atoms with Crippen LogP contribution in [-0.4, -0.2) is 31.6 Å². The fraction of sp³-hybridized carbons (Fsp3) is 0.533. The Kier molecular flexibility index (Phi) is 5.61. The second kappa shape index (κ2) is 7.45. The minimum Gasteiger partial charge on any atom is -0.378 e. The van der Waals surface area contributed by atoms with Crippen LogP contribution >= 0.6 is 0 Å². The zero-order chi connectivity index (χ0) is 14.4. The lowest BCUT2D eigenvalue weighted by molar-refractivity contribution is -0.120. The highest BCUT2D eigenvalue weighted by molar-refractivity contribution is 5.81. The van der Waals surface area contributed by atoms with Crippen molar-refractivity contribution < 1.29 is 18.3 Å². The molecular weight excluding hydrogens is 264 g/mol. The van der Waals surface area contributed by atoms with Gasteiger partial charge < -0.3 is 10.1 Å². The maximum absolute atomic E-state index is 13.4. The molecule has 1 aliphatic rings. The minimum absolute atomic E-state index is 0.153. The highest BCUT2D eigenvalue weighted by Gasteiger charge is 2.15. The molecule has 0 aromatic heterocycles. The third kappa shape index (κ3) is 4.35. The van der Waals surface area contributed by atoms with Crippen LogP contribution in [0.15, 0.2) is 18.2 Å². The van der Waals surface area contributed by atoms with Gasteiger partial charge in [-0.15, -0.1) is 0 Å². The summed E-state index contributed by atoms with van der Waals surface area (Å²) in [5, 5.41) is 3.23. The molecule has 1 fully saturated rings. The number of rotatable bonds is 6. The Balaban J connectivity index is 1.75. The van der Waals surface area contributed by atoms with Gasteiger partial charge in [-0.1, -0.05) is 6.07 Å². The summed E-state index contributed by atoms with van der Waals surface area (Å²) in [7, 11) is 0. The van der Waals surface area contributed by atoms with E-state index in [0.29, 0.717) is 6.61 Å². The molecular formula is C15H19F2NO2. The molecule has 1 N–H and O–H groups in total. The Morgan fingerprint density at radius 2 is 1.90 bits per heavy atom. The Hall–Kier alpha value is -1.33. The lowest BCUT2D eigenvalue weighted by atomic mass is 10.1. The fourth-order valence-electron chi connectivity index (χ4n) is 2.29. The first kappa shape index (κ1) is 15.1. The first-order chi connectivity index (χ1) is 9.66. The van der Waals surface area contributed by atoms with E-state index in [1.807, 2.05) is 0 Å². The number of benzene rings is 1. The molecule has 0 spiro atoms. The second-order valence-corrected chi connectivity index (χ2v) is 4.99. The molecule has 0 saturated carbocycles. The van der Waals surface area contributed by atoms with E-state index in [1.54, 1.807) is 0 Å². The molecule has 110 valence electrons. The first-order valence-corrected chi connectivity index (χ1v) is 6.93. The molecule has 0 unspecified atom stereocenters. The van der Waals surface area contributed by atoms with Gasteiger partial charge in [-0.2, -0.15) is 0 Å². The minimum atomic E-state index is -0.669. The Bertz CT molecular complexity index is 439. The smallest absolute Gasteiger partial charge is 0.139 e. The lowest BCUT2D eigenvalue weighted by Crippen LogP contribution is -2.32. The third-order valence-corrected chi connectivity index (χ3v) is 3.46. The van der Waals surface area contributed by atoms with Crippen LogP contribution in [0, 0.1) is 11.6 Å². The normalized spacial score (nSPS) is 16.3. The largest absolute Gasteiger partial charge is 0.378 e. The molecule has 0 amide bonds. The number of Topliss-reactive ketones (excluding diaryl/α,β-unsaturated/α-hetero) is 1. The van der Waals surface area contributed by atoms with Gasteiger partial charge in [0.1, 0.15) is 17.4 Å².